The summed E-state index contributed by atoms with van der Waals surface area (Å²) in [5.74, 6) is -1.56. The molecule has 1 fully saturated rings. The Balaban J connectivity index is 2.15. The maximum Gasteiger partial charge on any atom is 0.231 e. The van der Waals surface area contributed by atoms with Crippen LogP contribution in [0, 0.1) is 17.0 Å². The van der Waals surface area contributed by atoms with Crippen molar-refractivity contribution in [1.82, 2.24) is 0 Å². The summed E-state index contributed by atoms with van der Waals surface area (Å²) in [6, 6.07) is 2.96. The van der Waals surface area contributed by atoms with Crippen LogP contribution in [0.1, 0.15) is 19.3 Å². The molecule has 92 valence electrons. The number of anilines is 1. The van der Waals surface area contributed by atoms with Gasteiger partial charge in [-0.25, -0.2) is 8.78 Å². The number of nitrogens with one attached hydrogen (secondary N) is 1. The van der Waals surface area contributed by atoms with Crippen molar-refractivity contribution >= 4 is 11.6 Å². The molecule has 1 aromatic rings. The highest BCUT2D eigenvalue weighted by atomic mass is 19.1. The third-order valence-corrected chi connectivity index (χ3v) is 3.36. The molecule has 2 rings (SSSR count). The molecular weight excluding hydrogens is 226 g/mol. The molecule has 1 saturated carbocycles. The van der Waals surface area contributed by atoms with Gasteiger partial charge in [0.15, 0.2) is 0 Å². The first-order valence-electron chi connectivity index (χ1n) is 5.54. The van der Waals surface area contributed by atoms with E-state index in [-0.39, 0.29) is 18.1 Å². The van der Waals surface area contributed by atoms with Crippen molar-refractivity contribution in [2.75, 3.05) is 11.9 Å². The van der Waals surface area contributed by atoms with Gasteiger partial charge in [-0.1, -0.05) is 6.42 Å². The van der Waals surface area contributed by atoms with Gasteiger partial charge >= 0.3 is 0 Å². The lowest BCUT2D eigenvalue weighted by Crippen LogP contribution is -2.47. The lowest BCUT2D eigenvalue weighted by Gasteiger charge is -2.39. The van der Waals surface area contributed by atoms with Crippen molar-refractivity contribution in [2.45, 2.75) is 19.3 Å². The molecule has 17 heavy (non-hydrogen) atoms. The van der Waals surface area contributed by atoms with E-state index in [4.69, 9.17) is 5.73 Å². The van der Waals surface area contributed by atoms with E-state index >= 15 is 0 Å². The molecule has 0 radical (unpaired) electrons. The highest BCUT2D eigenvalue weighted by Gasteiger charge is 2.42. The molecule has 1 aliphatic rings. The van der Waals surface area contributed by atoms with Gasteiger partial charge in [-0.05, 0) is 25.0 Å². The number of carbonyl (C=O) groups excluding carboxylic acids is 1. The van der Waals surface area contributed by atoms with Gasteiger partial charge in [-0.3, -0.25) is 4.79 Å². The number of carbonyl (C=O) groups is 1. The van der Waals surface area contributed by atoms with Gasteiger partial charge in [-0.15, -0.1) is 0 Å². The zero-order chi connectivity index (χ0) is 12.5. The molecule has 5 heteroatoms. The molecule has 0 saturated heterocycles. The van der Waals surface area contributed by atoms with Crippen LogP contribution in [0.5, 0.6) is 0 Å². The third-order valence-electron chi connectivity index (χ3n) is 3.36. The van der Waals surface area contributed by atoms with Gasteiger partial charge in [-0.2, -0.15) is 0 Å². The van der Waals surface area contributed by atoms with Gasteiger partial charge in [0, 0.05) is 12.6 Å². The Morgan fingerprint density at radius 2 is 2.12 bits per heavy atom. The highest BCUT2D eigenvalue weighted by Crippen LogP contribution is 2.40. The fraction of sp³-hybridized carbons (Fsp3) is 0.417. The Morgan fingerprint density at radius 1 is 1.41 bits per heavy atom. The van der Waals surface area contributed by atoms with Crippen molar-refractivity contribution in [3.63, 3.8) is 0 Å². The minimum atomic E-state index is -0.647. The Kier molecular flexibility index (Phi) is 3.11. The van der Waals surface area contributed by atoms with Crippen LogP contribution in [0.25, 0.3) is 0 Å². The molecular formula is C12H14F2N2O. The van der Waals surface area contributed by atoms with Gasteiger partial charge < -0.3 is 11.1 Å². The van der Waals surface area contributed by atoms with E-state index in [1.807, 2.05) is 0 Å². The predicted molar refractivity (Wildman–Crippen MR) is 60.3 cm³/mol. The molecule has 0 aliphatic heterocycles. The summed E-state index contributed by atoms with van der Waals surface area (Å²) in [5, 5.41) is 2.41. The molecule has 0 spiro atoms. The molecule has 0 unspecified atom stereocenters. The first-order valence-corrected chi connectivity index (χ1v) is 5.54. The number of halogens is 2. The minimum Gasteiger partial charge on any atom is -0.329 e. The second-order valence-corrected chi connectivity index (χ2v) is 4.42. The van der Waals surface area contributed by atoms with E-state index < -0.39 is 17.0 Å². The van der Waals surface area contributed by atoms with Crippen LogP contribution >= 0.6 is 0 Å². The quantitative estimate of drug-likeness (QED) is 0.849. The van der Waals surface area contributed by atoms with E-state index in [0.717, 1.165) is 24.6 Å². The smallest absolute Gasteiger partial charge is 0.231 e. The van der Waals surface area contributed by atoms with E-state index in [1.54, 1.807) is 0 Å². The SMILES string of the molecule is NCC1(C(=O)Nc2cc(F)ccc2F)CCC1. The zero-order valence-electron chi connectivity index (χ0n) is 9.30. The van der Waals surface area contributed by atoms with Crippen LogP contribution in [-0.4, -0.2) is 12.5 Å². The van der Waals surface area contributed by atoms with Crippen LogP contribution in [-0.2, 0) is 4.79 Å². The van der Waals surface area contributed by atoms with Gasteiger partial charge in [0.25, 0.3) is 0 Å². The molecule has 1 aliphatic carbocycles. The van der Waals surface area contributed by atoms with E-state index in [0.29, 0.717) is 12.8 Å². The normalized spacial score (nSPS) is 17.4. The number of nitrogens with two attached hydrogens (primary N) is 1. The number of rotatable bonds is 3. The maximum atomic E-state index is 13.3. The first-order chi connectivity index (χ1) is 8.07. The molecule has 1 aromatic carbocycles. The van der Waals surface area contributed by atoms with Crippen molar-refractivity contribution in [2.24, 2.45) is 11.1 Å². The predicted octanol–water partition coefficient (Wildman–Crippen LogP) is 2.03. The maximum absolute atomic E-state index is 13.3. The van der Waals surface area contributed by atoms with E-state index in [1.165, 1.54) is 0 Å². The fourth-order valence-corrected chi connectivity index (χ4v) is 1.98. The van der Waals surface area contributed by atoms with Crippen molar-refractivity contribution < 1.29 is 13.6 Å². The summed E-state index contributed by atoms with van der Waals surface area (Å²) in [6.07, 6.45) is 2.34. The van der Waals surface area contributed by atoms with Crippen LogP contribution in [0.15, 0.2) is 18.2 Å². The molecule has 0 aromatic heterocycles. The molecule has 0 heterocycles. The first kappa shape index (κ1) is 12.0. The molecule has 3 N–H and O–H groups in total. The Labute approximate surface area is 98.0 Å². The number of amides is 1. The third kappa shape index (κ3) is 2.15. The number of hydrogen-bond acceptors (Lipinski definition) is 2. The summed E-state index contributed by atoms with van der Waals surface area (Å²) in [6.45, 7) is 0.232. The largest absolute Gasteiger partial charge is 0.329 e. The molecule has 1 amide bonds. The average molecular weight is 240 g/mol. The van der Waals surface area contributed by atoms with Gasteiger partial charge in [0.05, 0.1) is 11.1 Å². The second-order valence-electron chi connectivity index (χ2n) is 4.42. The van der Waals surface area contributed by atoms with Crippen LogP contribution in [0.2, 0.25) is 0 Å². The van der Waals surface area contributed by atoms with Crippen molar-refractivity contribution in [3.05, 3.63) is 29.8 Å². The molecule has 0 atom stereocenters. The van der Waals surface area contributed by atoms with Crippen molar-refractivity contribution in [1.29, 1.82) is 0 Å². The average Bonchev–Trinajstić information content (AvgIpc) is 2.23. The highest BCUT2D eigenvalue weighted by molar-refractivity contribution is 5.96. The van der Waals surface area contributed by atoms with Crippen LogP contribution in [0.3, 0.4) is 0 Å². The van der Waals surface area contributed by atoms with E-state index in [2.05, 4.69) is 5.32 Å². The van der Waals surface area contributed by atoms with Crippen molar-refractivity contribution in [3.8, 4) is 0 Å². The van der Waals surface area contributed by atoms with Gasteiger partial charge in [0.1, 0.15) is 11.6 Å². The summed E-state index contributed by atoms with van der Waals surface area (Å²) in [4.78, 5) is 11.9. The second kappa shape index (κ2) is 4.41. The number of benzene rings is 1. The summed E-state index contributed by atoms with van der Waals surface area (Å²) >= 11 is 0. The molecule has 0 bridgehead atoms. The lowest BCUT2D eigenvalue weighted by atomic mass is 9.68. The Morgan fingerprint density at radius 3 is 2.65 bits per heavy atom. The Bertz CT molecular complexity index is 439. The summed E-state index contributed by atoms with van der Waals surface area (Å²) in [7, 11) is 0. The Hall–Kier alpha value is -1.49. The zero-order valence-corrected chi connectivity index (χ0v) is 9.30. The van der Waals surface area contributed by atoms with Crippen LogP contribution in [0.4, 0.5) is 14.5 Å². The molecule has 3 nitrogen and oxygen atoms in total. The van der Waals surface area contributed by atoms with Gasteiger partial charge in [0.2, 0.25) is 5.91 Å². The topological polar surface area (TPSA) is 55.1 Å². The number of hydrogen-bond donors (Lipinski definition) is 2. The summed E-state index contributed by atoms with van der Waals surface area (Å²) < 4.78 is 26.3. The summed E-state index contributed by atoms with van der Waals surface area (Å²) in [5.41, 5.74) is 4.83. The fourth-order valence-electron chi connectivity index (χ4n) is 1.98. The van der Waals surface area contributed by atoms with Crippen LogP contribution < -0.4 is 11.1 Å². The monoisotopic (exact) mass is 240 g/mol. The minimum absolute atomic E-state index is 0.130. The van der Waals surface area contributed by atoms with E-state index in [9.17, 15) is 13.6 Å². The lowest BCUT2D eigenvalue weighted by molar-refractivity contribution is -0.129. The standard InChI is InChI=1S/C12H14F2N2O/c13-8-2-3-9(14)10(6-8)16-11(17)12(7-15)4-1-5-12/h2-3,6H,1,4-5,7,15H2,(H,16,17).